The summed E-state index contributed by atoms with van der Waals surface area (Å²) in [5.41, 5.74) is -4.31. The molecule has 25 heavy (non-hydrogen) atoms. The smallest absolute Gasteiger partial charge is 0.321 e. The van der Waals surface area contributed by atoms with E-state index in [2.05, 4.69) is 4.99 Å². The Morgan fingerprint density at radius 3 is 1.96 bits per heavy atom. The van der Waals surface area contributed by atoms with Crippen molar-refractivity contribution in [2.45, 2.75) is 55.1 Å². The van der Waals surface area contributed by atoms with Gasteiger partial charge in [-0.2, -0.15) is 26.3 Å². The van der Waals surface area contributed by atoms with Gasteiger partial charge in [-0.05, 0) is 25.7 Å². The van der Waals surface area contributed by atoms with Gasteiger partial charge in [0, 0.05) is 5.56 Å². The molecule has 1 aliphatic heterocycles. The molecule has 0 unspecified atom stereocenters. The predicted molar refractivity (Wildman–Crippen MR) is 82.3 cm³/mol. The standard InChI is InChI=1S/C16H15F6NOS/c17-15(18,19)14(16(20,21)22)23-12(11-7-3-1-4-8-11)25-13(24-14)9-5-2-6-10-13/h1,3-4,7-8H,2,5-6,9-10H2. The molecule has 0 aromatic heterocycles. The monoisotopic (exact) mass is 383 g/mol. The van der Waals surface area contributed by atoms with Crippen LogP contribution in [-0.2, 0) is 4.74 Å². The van der Waals surface area contributed by atoms with Crippen LogP contribution in [0.15, 0.2) is 35.3 Å². The quantitative estimate of drug-likeness (QED) is 0.582. The van der Waals surface area contributed by atoms with Crippen molar-refractivity contribution in [2.75, 3.05) is 0 Å². The molecule has 0 saturated heterocycles. The van der Waals surface area contributed by atoms with Crippen LogP contribution in [0.4, 0.5) is 26.3 Å². The van der Waals surface area contributed by atoms with Crippen LogP contribution in [0.5, 0.6) is 0 Å². The molecule has 1 fully saturated rings. The molecular formula is C16H15F6NOS. The highest BCUT2D eigenvalue weighted by atomic mass is 32.2. The Balaban J connectivity index is 2.18. The molecule has 0 bridgehead atoms. The van der Waals surface area contributed by atoms with Crippen LogP contribution >= 0.6 is 11.8 Å². The molecule has 0 atom stereocenters. The SMILES string of the molecule is FC(F)(F)C1(C(F)(F)F)N=C(c2ccccc2)SC2(CCCCC2)O1. The first-order chi connectivity index (χ1) is 11.6. The normalized spacial score (nSPS) is 23.4. The van der Waals surface area contributed by atoms with E-state index in [0.717, 1.165) is 18.2 Å². The molecule has 1 spiro atoms. The van der Waals surface area contributed by atoms with Crippen LogP contribution in [0.2, 0.25) is 0 Å². The van der Waals surface area contributed by atoms with Gasteiger partial charge < -0.3 is 4.74 Å². The number of hydrogen-bond donors (Lipinski definition) is 0. The lowest BCUT2D eigenvalue weighted by Gasteiger charge is -2.47. The highest BCUT2D eigenvalue weighted by Gasteiger charge is 2.76. The minimum Gasteiger partial charge on any atom is -0.321 e. The third-order valence-corrected chi connectivity index (χ3v) is 5.66. The number of thioether (sulfide) groups is 1. The number of aliphatic imine (C=N–C) groups is 1. The summed E-state index contributed by atoms with van der Waals surface area (Å²) in [6.45, 7) is 0. The van der Waals surface area contributed by atoms with Crippen molar-refractivity contribution in [1.29, 1.82) is 0 Å². The van der Waals surface area contributed by atoms with Gasteiger partial charge in [-0.25, -0.2) is 4.99 Å². The van der Waals surface area contributed by atoms with Gasteiger partial charge in [-0.1, -0.05) is 48.5 Å². The minimum absolute atomic E-state index is 0.122. The molecule has 1 saturated carbocycles. The lowest BCUT2D eigenvalue weighted by Crippen LogP contribution is -2.63. The van der Waals surface area contributed by atoms with Crippen LogP contribution in [-0.4, -0.2) is 28.1 Å². The fourth-order valence-corrected chi connectivity index (χ4v) is 4.49. The van der Waals surface area contributed by atoms with E-state index in [1.165, 1.54) is 12.1 Å². The summed E-state index contributed by atoms with van der Waals surface area (Å²) in [6, 6.07) is 7.62. The maximum atomic E-state index is 13.6. The number of alkyl halides is 6. The molecule has 0 N–H and O–H groups in total. The third-order valence-electron chi connectivity index (χ3n) is 4.28. The molecule has 0 radical (unpaired) electrons. The molecule has 9 heteroatoms. The molecule has 0 amide bonds. The summed E-state index contributed by atoms with van der Waals surface area (Å²) >= 11 is 0.870. The zero-order chi connectivity index (χ0) is 18.3. The summed E-state index contributed by atoms with van der Waals surface area (Å²) in [4.78, 5) is 1.51. The number of rotatable bonds is 1. The van der Waals surface area contributed by atoms with Crippen LogP contribution in [0, 0.1) is 0 Å². The van der Waals surface area contributed by atoms with E-state index in [1.807, 2.05) is 0 Å². The van der Waals surface area contributed by atoms with Crippen LogP contribution in [0.3, 0.4) is 0 Å². The molecule has 1 aromatic carbocycles. The largest absolute Gasteiger partial charge is 0.448 e. The zero-order valence-electron chi connectivity index (χ0n) is 13.0. The van der Waals surface area contributed by atoms with Crippen molar-refractivity contribution < 1.29 is 31.1 Å². The Kier molecular flexibility index (Phi) is 4.60. The Morgan fingerprint density at radius 2 is 1.44 bits per heavy atom. The van der Waals surface area contributed by atoms with Gasteiger partial charge in [0.05, 0.1) is 0 Å². The fraction of sp³-hybridized carbons (Fsp3) is 0.562. The Morgan fingerprint density at radius 1 is 0.880 bits per heavy atom. The first-order valence-corrected chi connectivity index (χ1v) is 8.58. The van der Waals surface area contributed by atoms with Gasteiger partial charge in [0.2, 0.25) is 0 Å². The van der Waals surface area contributed by atoms with Crippen molar-refractivity contribution >= 4 is 16.8 Å². The summed E-state index contributed by atoms with van der Waals surface area (Å²) < 4.78 is 86.2. The summed E-state index contributed by atoms with van der Waals surface area (Å²) in [6.07, 6.45) is -9.39. The van der Waals surface area contributed by atoms with Crippen LogP contribution in [0.1, 0.15) is 37.7 Å². The zero-order valence-corrected chi connectivity index (χ0v) is 13.8. The molecule has 1 aromatic rings. The summed E-state index contributed by atoms with van der Waals surface area (Å²) in [5, 5.41) is -0.289. The number of halogens is 6. The van der Waals surface area contributed by atoms with Crippen LogP contribution in [0.25, 0.3) is 0 Å². The van der Waals surface area contributed by atoms with E-state index in [-0.39, 0.29) is 23.4 Å². The van der Waals surface area contributed by atoms with Crippen molar-refractivity contribution in [3.8, 4) is 0 Å². The van der Waals surface area contributed by atoms with E-state index in [0.29, 0.717) is 12.8 Å². The van der Waals surface area contributed by atoms with Gasteiger partial charge >= 0.3 is 18.1 Å². The third kappa shape index (κ3) is 3.28. The van der Waals surface area contributed by atoms with Crippen molar-refractivity contribution in [2.24, 2.45) is 4.99 Å². The molecule has 138 valence electrons. The maximum Gasteiger partial charge on any atom is 0.448 e. The van der Waals surface area contributed by atoms with E-state index < -0.39 is 23.0 Å². The second kappa shape index (κ2) is 6.19. The van der Waals surface area contributed by atoms with Crippen molar-refractivity contribution in [1.82, 2.24) is 0 Å². The van der Waals surface area contributed by atoms with E-state index in [4.69, 9.17) is 4.74 Å². The topological polar surface area (TPSA) is 21.6 Å². The molecule has 3 rings (SSSR count). The van der Waals surface area contributed by atoms with E-state index in [9.17, 15) is 26.3 Å². The van der Waals surface area contributed by atoms with E-state index in [1.54, 1.807) is 18.2 Å². The number of benzene rings is 1. The predicted octanol–water partition coefficient (Wildman–Crippen LogP) is 5.68. The van der Waals surface area contributed by atoms with Gasteiger partial charge in [-0.3, -0.25) is 0 Å². The first kappa shape index (κ1) is 18.6. The summed E-state index contributed by atoms with van der Waals surface area (Å²) in [7, 11) is 0. The fourth-order valence-electron chi connectivity index (χ4n) is 3.06. The van der Waals surface area contributed by atoms with Gasteiger partial charge in [0.15, 0.2) is 0 Å². The summed E-state index contributed by atoms with van der Waals surface area (Å²) in [5.74, 6) is 0. The Hall–Kier alpha value is -1.22. The molecule has 1 aliphatic carbocycles. The number of hydrogen-bond acceptors (Lipinski definition) is 3. The number of nitrogens with zero attached hydrogens (tertiary/aromatic N) is 1. The second-order valence-corrected chi connectivity index (χ2v) is 7.43. The van der Waals surface area contributed by atoms with Gasteiger partial charge in [0.25, 0.3) is 0 Å². The molecule has 2 aliphatic rings. The lowest BCUT2D eigenvalue weighted by molar-refractivity contribution is -0.393. The number of ether oxygens (including phenoxy) is 1. The Labute approximate surface area is 144 Å². The molecular weight excluding hydrogens is 368 g/mol. The van der Waals surface area contributed by atoms with Gasteiger partial charge in [0.1, 0.15) is 9.98 Å². The van der Waals surface area contributed by atoms with Crippen LogP contribution < -0.4 is 0 Å². The molecule has 1 heterocycles. The highest BCUT2D eigenvalue weighted by molar-refractivity contribution is 8.15. The average molecular weight is 383 g/mol. The molecule has 2 nitrogen and oxygen atoms in total. The van der Waals surface area contributed by atoms with Crippen molar-refractivity contribution in [3.05, 3.63) is 35.9 Å². The Bertz CT molecular complexity index is 635. The highest BCUT2D eigenvalue weighted by Crippen LogP contribution is 2.57. The lowest BCUT2D eigenvalue weighted by atomic mass is 9.96. The maximum absolute atomic E-state index is 13.6. The van der Waals surface area contributed by atoms with E-state index >= 15 is 0 Å². The minimum atomic E-state index is -5.71. The first-order valence-electron chi connectivity index (χ1n) is 7.77. The average Bonchev–Trinajstić information content (AvgIpc) is 2.54. The van der Waals surface area contributed by atoms with Crippen molar-refractivity contribution in [3.63, 3.8) is 0 Å². The second-order valence-electron chi connectivity index (χ2n) is 6.10. The van der Waals surface area contributed by atoms with Gasteiger partial charge in [-0.15, -0.1) is 0 Å².